The first-order chi connectivity index (χ1) is 10.3. The zero-order valence-electron chi connectivity index (χ0n) is 12.8. The third-order valence-electron chi connectivity index (χ3n) is 4.12. The van der Waals surface area contributed by atoms with Gasteiger partial charge in [0.05, 0.1) is 6.04 Å². The smallest absolute Gasteiger partial charge is 0.0700 e. The molecule has 0 aliphatic carbocycles. The fraction of sp³-hybridized carbons (Fsp3) is 0.471. The van der Waals surface area contributed by atoms with Crippen LogP contribution in [-0.2, 0) is 0 Å². The fourth-order valence-corrected chi connectivity index (χ4v) is 4.09. The quantitative estimate of drug-likeness (QED) is 0.944. The standard InChI is InChI=1S/C17H23N3S/c1-13-10-16(21-12-13)17(15-4-6-19-11-14(15)2)20-8-3-5-18-7-9-20/h4,6,10-12,17-18H,3,5,7-9H2,1-2H3. The second-order valence-corrected chi connectivity index (χ2v) is 6.74. The van der Waals surface area contributed by atoms with Crippen LogP contribution >= 0.6 is 11.3 Å². The van der Waals surface area contributed by atoms with Gasteiger partial charge in [-0.05, 0) is 61.0 Å². The molecule has 1 aliphatic heterocycles. The summed E-state index contributed by atoms with van der Waals surface area (Å²) in [4.78, 5) is 8.33. The number of aromatic nitrogens is 1. The van der Waals surface area contributed by atoms with Gasteiger partial charge in [-0.1, -0.05) is 0 Å². The van der Waals surface area contributed by atoms with Crippen LogP contribution in [0.5, 0.6) is 0 Å². The first-order valence-corrected chi connectivity index (χ1v) is 8.54. The van der Waals surface area contributed by atoms with Crippen molar-refractivity contribution < 1.29 is 0 Å². The van der Waals surface area contributed by atoms with Crippen molar-refractivity contribution in [3.8, 4) is 0 Å². The molecule has 1 saturated heterocycles. The van der Waals surface area contributed by atoms with Gasteiger partial charge in [-0.2, -0.15) is 0 Å². The van der Waals surface area contributed by atoms with Crippen LogP contribution in [0, 0.1) is 13.8 Å². The Kier molecular flexibility index (Phi) is 4.68. The van der Waals surface area contributed by atoms with Gasteiger partial charge in [0.2, 0.25) is 0 Å². The second-order valence-electron chi connectivity index (χ2n) is 5.80. The van der Waals surface area contributed by atoms with Crippen LogP contribution in [0.1, 0.15) is 34.0 Å². The number of pyridine rings is 1. The minimum absolute atomic E-state index is 0.367. The van der Waals surface area contributed by atoms with Crippen molar-refractivity contribution in [2.45, 2.75) is 26.3 Å². The molecule has 3 heterocycles. The average molecular weight is 301 g/mol. The molecule has 1 atom stereocenters. The van der Waals surface area contributed by atoms with E-state index in [4.69, 9.17) is 0 Å². The molecule has 21 heavy (non-hydrogen) atoms. The van der Waals surface area contributed by atoms with Crippen LogP contribution < -0.4 is 5.32 Å². The van der Waals surface area contributed by atoms with Crippen molar-refractivity contribution in [3.63, 3.8) is 0 Å². The molecule has 2 aromatic rings. The molecule has 4 heteroatoms. The molecule has 1 fully saturated rings. The lowest BCUT2D eigenvalue weighted by molar-refractivity contribution is 0.243. The maximum Gasteiger partial charge on any atom is 0.0700 e. The summed E-state index contributed by atoms with van der Waals surface area (Å²) in [7, 11) is 0. The van der Waals surface area contributed by atoms with Crippen molar-refractivity contribution in [2.24, 2.45) is 0 Å². The number of rotatable bonds is 3. The van der Waals surface area contributed by atoms with E-state index in [2.05, 4.69) is 46.6 Å². The molecule has 112 valence electrons. The van der Waals surface area contributed by atoms with Crippen LogP contribution in [0.3, 0.4) is 0 Å². The van der Waals surface area contributed by atoms with E-state index in [-0.39, 0.29) is 0 Å². The number of hydrogen-bond donors (Lipinski definition) is 1. The molecule has 3 nitrogen and oxygen atoms in total. The van der Waals surface area contributed by atoms with E-state index in [1.54, 1.807) is 0 Å². The van der Waals surface area contributed by atoms with Crippen LogP contribution in [0.15, 0.2) is 29.9 Å². The van der Waals surface area contributed by atoms with Gasteiger partial charge in [0.1, 0.15) is 0 Å². The lowest BCUT2D eigenvalue weighted by Crippen LogP contribution is -2.33. The zero-order valence-corrected chi connectivity index (χ0v) is 13.6. The maximum atomic E-state index is 4.26. The van der Waals surface area contributed by atoms with Gasteiger partial charge in [0.15, 0.2) is 0 Å². The van der Waals surface area contributed by atoms with Gasteiger partial charge in [-0.15, -0.1) is 11.3 Å². The molecule has 3 rings (SSSR count). The van der Waals surface area contributed by atoms with E-state index >= 15 is 0 Å². The number of nitrogens with zero attached hydrogens (tertiary/aromatic N) is 2. The van der Waals surface area contributed by atoms with E-state index in [9.17, 15) is 0 Å². The molecule has 0 bridgehead atoms. The summed E-state index contributed by atoms with van der Waals surface area (Å²) in [5.74, 6) is 0. The zero-order chi connectivity index (χ0) is 14.7. The molecule has 0 radical (unpaired) electrons. The maximum absolute atomic E-state index is 4.26. The highest BCUT2D eigenvalue weighted by Gasteiger charge is 2.25. The third kappa shape index (κ3) is 3.34. The number of nitrogens with one attached hydrogen (secondary N) is 1. The van der Waals surface area contributed by atoms with Crippen molar-refractivity contribution >= 4 is 11.3 Å². The Morgan fingerprint density at radius 1 is 1.29 bits per heavy atom. The van der Waals surface area contributed by atoms with Gasteiger partial charge in [-0.3, -0.25) is 9.88 Å². The molecule has 0 saturated carbocycles. The summed E-state index contributed by atoms with van der Waals surface area (Å²) in [5.41, 5.74) is 4.04. The SMILES string of the molecule is Cc1csc(C(c2ccncc2C)N2CCCNCC2)c1. The molecule has 0 spiro atoms. The van der Waals surface area contributed by atoms with Crippen molar-refractivity contribution in [1.82, 2.24) is 15.2 Å². The van der Waals surface area contributed by atoms with Gasteiger partial charge in [-0.25, -0.2) is 0 Å². The summed E-state index contributed by atoms with van der Waals surface area (Å²) in [6.07, 6.45) is 5.12. The summed E-state index contributed by atoms with van der Waals surface area (Å²) in [5, 5.41) is 5.76. The van der Waals surface area contributed by atoms with Crippen molar-refractivity contribution in [3.05, 3.63) is 51.5 Å². The normalized spacial score (nSPS) is 18.4. The first kappa shape index (κ1) is 14.7. The number of aryl methyl sites for hydroxylation is 2. The number of hydrogen-bond acceptors (Lipinski definition) is 4. The van der Waals surface area contributed by atoms with Crippen LogP contribution in [0.25, 0.3) is 0 Å². The lowest BCUT2D eigenvalue weighted by atomic mass is 10.00. The Morgan fingerprint density at radius 3 is 2.95 bits per heavy atom. The van der Waals surface area contributed by atoms with Crippen molar-refractivity contribution in [2.75, 3.05) is 26.2 Å². The summed E-state index contributed by atoms with van der Waals surface area (Å²) < 4.78 is 0. The van der Waals surface area contributed by atoms with Gasteiger partial charge in [0.25, 0.3) is 0 Å². The summed E-state index contributed by atoms with van der Waals surface area (Å²) in [6.45, 7) is 8.80. The molecule has 0 amide bonds. The average Bonchev–Trinajstić information content (AvgIpc) is 2.74. The van der Waals surface area contributed by atoms with Gasteiger partial charge >= 0.3 is 0 Å². The Labute approximate surface area is 131 Å². The summed E-state index contributed by atoms with van der Waals surface area (Å²) >= 11 is 1.88. The summed E-state index contributed by atoms with van der Waals surface area (Å²) in [6, 6.07) is 4.90. The van der Waals surface area contributed by atoms with E-state index in [0.717, 1.165) is 26.2 Å². The second kappa shape index (κ2) is 6.69. The van der Waals surface area contributed by atoms with Gasteiger partial charge in [0, 0.05) is 36.9 Å². The van der Waals surface area contributed by atoms with E-state index in [0.29, 0.717) is 6.04 Å². The molecule has 1 unspecified atom stereocenters. The molecular weight excluding hydrogens is 278 g/mol. The Morgan fingerprint density at radius 2 is 2.19 bits per heavy atom. The van der Waals surface area contributed by atoms with E-state index in [1.165, 1.54) is 28.0 Å². The highest BCUT2D eigenvalue weighted by molar-refractivity contribution is 7.10. The topological polar surface area (TPSA) is 28.2 Å². The van der Waals surface area contributed by atoms with Crippen LogP contribution in [0.4, 0.5) is 0 Å². The molecular formula is C17H23N3S. The molecule has 2 aromatic heterocycles. The van der Waals surface area contributed by atoms with Crippen LogP contribution in [-0.4, -0.2) is 36.1 Å². The predicted octanol–water partition coefficient (Wildman–Crippen LogP) is 3.14. The highest BCUT2D eigenvalue weighted by Crippen LogP contribution is 2.34. The third-order valence-corrected chi connectivity index (χ3v) is 5.22. The Hall–Kier alpha value is -1.23. The van der Waals surface area contributed by atoms with Gasteiger partial charge < -0.3 is 5.32 Å². The van der Waals surface area contributed by atoms with E-state index < -0.39 is 0 Å². The number of thiophene rings is 1. The first-order valence-electron chi connectivity index (χ1n) is 7.66. The Bertz CT molecular complexity index is 585. The lowest BCUT2D eigenvalue weighted by Gasteiger charge is -2.31. The molecule has 0 aromatic carbocycles. The monoisotopic (exact) mass is 301 g/mol. The van der Waals surface area contributed by atoms with Crippen LogP contribution in [0.2, 0.25) is 0 Å². The Balaban J connectivity index is 2.00. The largest absolute Gasteiger partial charge is 0.315 e. The highest BCUT2D eigenvalue weighted by atomic mass is 32.1. The molecule has 1 N–H and O–H groups in total. The van der Waals surface area contributed by atoms with Crippen molar-refractivity contribution in [1.29, 1.82) is 0 Å². The fourth-order valence-electron chi connectivity index (χ4n) is 3.04. The van der Waals surface area contributed by atoms with E-state index in [1.807, 2.05) is 23.7 Å². The minimum Gasteiger partial charge on any atom is -0.315 e. The predicted molar refractivity (Wildman–Crippen MR) is 88.9 cm³/mol. The minimum atomic E-state index is 0.367. The molecule has 1 aliphatic rings.